The van der Waals surface area contributed by atoms with Crippen LogP contribution in [0.4, 0.5) is 8.78 Å². The summed E-state index contributed by atoms with van der Waals surface area (Å²) in [5.41, 5.74) is 0.795. The Labute approximate surface area is 95.9 Å². The van der Waals surface area contributed by atoms with Gasteiger partial charge < -0.3 is 4.74 Å². The Bertz CT molecular complexity index is 352. The lowest BCUT2D eigenvalue weighted by molar-refractivity contribution is -0.0503. The van der Waals surface area contributed by atoms with Crippen LogP contribution in [0.1, 0.15) is 12.5 Å². The van der Waals surface area contributed by atoms with Gasteiger partial charge in [-0.3, -0.25) is 0 Å². The van der Waals surface area contributed by atoms with E-state index in [-0.39, 0.29) is 5.75 Å². The van der Waals surface area contributed by atoms with Gasteiger partial charge in [0.25, 0.3) is 0 Å². The maximum absolute atomic E-state index is 12.0. The van der Waals surface area contributed by atoms with E-state index in [2.05, 4.69) is 27.2 Å². The molecule has 0 spiro atoms. The predicted octanol–water partition coefficient (Wildman–Crippen LogP) is 4.18. The SMILES string of the molecule is C=C[C](C)c1cccc(OC(F)F)c1Br. The van der Waals surface area contributed by atoms with Gasteiger partial charge >= 0.3 is 6.61 Å². The van der Waals surface area contributed by atoms with Gasteiger partial charge in [-0.05, 0) is 27.6 Å². The molecule has 0 amide bonds. The summed E-state index contributed by atoms with van der Waals surface area (Å²) in [5.74, 6) is 1.02. The third-order valence-electron chi connectivity index (χ3n) is 1.91. The van der Waals surface area contributed by atoms with E-state index in [0.717, 1.165) is 11.5 Å². The molecule has 0 bridgehead atoms. The maximum Gasteiger partial charge on any atom is 0.387 e. The minimum absolute atomic E-state index is 0.128. The van der Waals surface area contributed by atoms with Crippen LogP contribution in [0.25, 0.3) is 0 Å². The Hall–Kier alpha value is -0.900. The number of benzene rings is 1. The molecule has 1 radical (unpaired) electrons. The lowest BCUT2D eigenvalue weighted by Gasteiger charge is -2.12. The van der Waals surface area contributed by atoms with Crippen molar-refractivity contribution in [2.45, 2.75) is 13.5 Å². The van der Waals surface area contributed by atoms with E-state index >= 15 is 0 Å². The fourth-order valence-corrected chi connectivity index (χ4v) is 1.78. The molecule has 1 nitrogen and oxygen atoms in total. The summed E-state index contributed by atoms with van der Waals surface area (Å²) in [6, 6.07) is 4.94. The molecular weight excluding hydrogens is 266 g/mol. The van der Waals surface area contributed by atoms with E-state index in [1.165, 1.54) is 6.07 Å². The Balaban J connectivity index is 3.05. The molecule has 0 aromatic heterocycles. The van der Waals surface area contributed by atoms with Crippen molar-refractivity contribution in [2.24, 2.45) is 0 Å². The first-order valence-corrected chi connectivity index (χ1v) is 5.05. The van der Waals surface area contributed by atoms with Crippen LogP contribution in [-0.2, 0) is 0 Å². The molecule has 0 N–H and O–H groups in total. The fourth-order valence-electron chi connectivity index (χ4n) is 1.11. The van der Waals surface area contributed by atoms with Crippen molar-refractivity contribution >= 4 is 15.9 Å². The Kier molecular flexibility index (Phi) is 4.27. The molecule has 0 atom stereocenters. The van der Waals surface area contributed by atoms with Crippen LogP contribution in [0.2, 0.25) is 0 Å². The average molecular weight is 276 g/mol. The molecule has 0 aliphatic heterocycles. The second-order valence-electron chi connectivity index (χ2n) is 2.88. The minimum Gasteiger partial charge on any atom is -0.434 e. The third-order valence-corrected chi connectivity index (χ3v) is 2.73. The van der Waals surface area contributed by atoms with Crippen molar-refractivity contribution in [3.8, 4) is 5.75 Å². The molecule has 15 heavy (non-hydrogen) atoms. The number of hydrogen-bond acceptors (Lipinski definition) is 1. The van der Waals surface area contributed by atoms with Gasteiger partial charge in [0, 0.05) is 5.92 Å². The van der Waals surface area contributed by atoms with Crippen molar-refractivity contribution in [3.63, 3.8) is 0 Å². The summed E-state index contributed by atoms with van der Waals surface area (Å²) in [7, 11) is 0. The largest absolute Gasteiger partial charge is 0.434 e. The first-order chi connectivity index (χ1) is 7.06. The van der Waals surface area contributed by atoms with Gasteiger partial charge in [0.2, 0.25) is 0 Å². The quantitative estimate of drug-likeness (QED) is 0.801. The van der Waals surface area contributed by atoms with Crippen LogP contribution in [0.15, 0.2) is 35.3 Å². The average Bonchev–Trinajstić information content (AvgIpc) is 2.19. The first kappa shape index (κ1) is 12.2. The van der Waals surface area contributed by atoms with E-state index in [1.807, 2.05) is 6.92 Å². The number of allylic oxidation sites excluding steroid dienone is 1. The van der Waals surface area contributed by atoms with Gasteiger partial charge in [-0.25, -0.2) is 0 Å². The van der Waals surface area contributed by atoms with Crippen molar-refractivity contribution in [1.29, 1.82) is 0 Å². The summed E-state index contributed by atoms with van der Waals surface area (Å²) < 4.78 is 29.0. The van der Waals surface area contributed by atoms with Crippen LogP contribution in [0.3, 0.4) is 0 Å². The lowest BCUT2D eigenvalue weighted by atomic mass is 10.0. The van der Waals surface area contributed by atoms with Crippen LogP contribution in [0.5, 0.6) is 5.75 Å². The molecule has 4 heteroatoms. The van der Waals surface area contributed by atoms with Crippen molar-refractivity contribution in [3.05, 3.63) is 46.8 Å². The Morgan fingerprint density at radius 3 is 2.73 bits per heavy atom. The number of alkyl halides is 2. The summed E-state index contributed by atoms with van der Waals surface area (Å²) >= 11 is 3.22. The smallest absolute Gasteiger partial charge is 0.387 e. The van der Waals surface area contributed by atoms with Crippen LogP contribution in [0, 0.1) is 5.92 Å². The van der Waals surface area contributed by atoms with E-state index < -0.39 is 6.61 Å². The van der Waals surface area contributed by atoms with Gasteiger partial charge in [-0.15, -0.1) is 6.58 Å². The molecular formula is C11H10BrF2O. The highest BCUT2D eigenvalue weighted by atomic mass is 79.9. The normalized spacial score (nSPS) is 10.8. The summed E-state index contributed by atoms with van der Waals surface area (Å²) in [5, 5.41) is 0. The van der Waals surface area contributed by atoms with Crippen molar-refractivity contribution in [1.82, 2.24) is 0 Å². The summed E-state index contributed by atoms with van der Waals surface area (Å²) in [4.78, 5) is 0. The van der Waals surface area contributed by atoms with E-state index in [4.69, 9.17) is 0 Å². The Morgan fingerprint density at radius 1 is 1.53 bits per heavy atom. The zero-order valence-corrected chi connectivity index (χ0v) is 9.72. The molecule has 81 valence electrons. The number of rotatable bonds is 4. The van der Waals surface area contributed by atoms with E-state index in [9.17, 15) is 8.78 Å². The molecule has 0 aliphatic rings. The second-order valence-corrected chi connectivity index (χ2v) is 3.68. The molecule has 0 saturated heterocycles. The molecule has 0 unspecified atom stereocenters. The molecule has 0 fully saturated rings. The molecule has 1 aromatic rings. The maximum atomic E-state index is 12.0. The fraction of sp³-hybridized carbons (Fsp3) is 0.182. The zero-order chi connectivity index (χ0) is 11.4. The minimum atomic E-state index is -2.82. The Morgan fingerprint density at radius 2 is 2.20 bits per heavy atom. The topological polar surface area (TPSA) is 9.23 Å². The lowest BCUT2D eigenvalue weighted by Crippen LogP contribution is -2.04. The van der Waals surface area contributed by atoms with Crippen LogP contribution >= 0.6 is 15.9 Å². The van der Waals surface area contributed by atoms with Gasteiger partial charge in [0.05, 0.1) is 4.47 Å². The summed E-state index contributed by atoms with van der Waals surface area (Å²) in [6.07, 6.45) is 1.66. The van der Waals surface area contributed by atoms with Crippen LogP contribution in [-0.4, -0.2) is 6.61 Å². The van der Waals surface area contributed by atoms with Gasteiger partial charge in [-0.2, -0.15) is 8.78 Å². The zero-order valence-electron chi connectivity index (χ0n) is 8.14. The standard InChI is InChI=1S/C11H10BrF2O/c1-3-7(2)8-5-4-6-9(10(8)12)15-11(13)14/h3-6,11H,1H2,2H3. The number of ether oxygens (including phenoxy) is 1. The highest BCUT2D eigenvalue weighted by Crippen LogP contribution is 2.33. The van der Waals surface area contributed by atoms with E-state index in [1.54, 1.807) is 18.2 Å². The summed E-state index contributed by atoms with van der Waals surface area (Å²) in [6.45, 7) is 2.65. The van der Waals surface area contributed by atoms with Gasteiger partial charge in [-0.1, -0.05) is 25.1 Å². The first-order valence-electron chi connectivity index (χ1n) is 4.26. The van der Waals surface area contributed by atoms with E-state index in [0.29, 0.717) is 4.47 Å². The highest BCUT2D eigenvalue weighted by molar-refractivity contribution is 9.10. The molecule has 0 heterocycles. The predicted molar refractivity (Wildman–Crippen MR) is 59.0 cm³/mol. The molecule has 0 aliphatic carbocycles. The number of hydrogen-bond donors (Lipinski definition) is 0. The monoisotopic (exact) mass is 275 g/mol. The molecule has 1 rings (SSSR count). The van der Waals surface area contributed by atoms with Gasteiger partial charge in [0.15, 0.2) is 0 Å². The highest BCUT2D eigenvalue weighted by Gasteiger charge is 2.13. The van der Waals surface area contributed by atoms with Crippen molar-refractivity contribution < 1.29 is 13.5 Å². The molecule has 0 saturated carbocycles. The third kappa shape index (κ3) is 3.02. The van der Waals surface area contributed by atoms with Gasteiger partial charge in [0.1, 0.15) is 5.75 Å². The second kappa shape index (κ2) is 5.26. The van der Waals surface area contributed by atoms with Crippen LogP contribution < -0.4 is 4.74 Å². The van der Waals surface area contributed by atoms with Crippen molar-refractivity contribution in [2.75, 3.05) is 0 Å². The molecule has 1 aromatic carbocycles. The number of halogens is 3.